The Hall–Kier alpha value is -0.950. The number of hydrogen-bond acceptors (Lipinski definition) is 4. The van der Waals surface area contributed by atoms with Crippen molar-refractivity contribution in [1.82, 2.24) is 9.62 Å². The Morgan fingerprint density at radius 3 is 2.55 bits per heavy atom. The molecule has 6 heteroatoms. The van der Waals surface area contributed by atoms with Crippen LogP contribution in [-0.4, -0.2) is 44.7 Å². The second-order valence-electron chi connectivity index (χ2n) is 5.44. The molecule has 3 rings (SSSR count). The molecule has 2 saturated heterocycles. The third kappa shape index (κ3) is 2.37. The van der Waals surface area contributed by atoms with E-state index in [4.69, 9.17) is 4.74 Å². The van der Waals surface area contributed by atoms with Gasteiger partial charge >= 0.3 is 0 Å². The molecule has 5 nitrogen and oxygen atoms in total. The first-order valence-corrected chi connectivity index (χ1v) is 8.42. The largest absolute Gasteiger partial charge is 0.359 e. The van der Waals surface area contributed by atoms with Crippen LogP contribution in [0.2, 0.25) is 0 Å². The van der Waals surface area contributed by atoms with Gasteiger partial charge in [0.1, 0.15) is 5.72 Å². The number of ether oxygens (including phenoxy) is 1. The van der Waals surface area contributed by atoms with Crippen molar-refractivity contribution in [2.75, 3.05) is 26.2 Å². The fourth-order valence-corrected chi connectivity index (χ4v) is 4.64. The first-order chi connectivity index (χ1) is 9.54. The average molecular weight is 296 g/mol. The van der Waals surface area contributed by atoms with Gasteiger partial charge in [-0.05, 0) is 18.6 Å². The average Bonchev–Trinajstić information content (AvgIpc) is 2.88. The summed E-state index contributed by atoms with van der Waals surface area (Å²) >= 11 is 0. The standard InChI is InChI=1S/C14H20N2O3S/c1-12-4-2-3-5-13(12)20(17,18)16-9-6-14(7-10-16)15-8-11-19-14/h2-5,15H,6-11H2,1H3. The third-order valence-electron chi connectivity index (χ3n) is 4.17. The molecule has 0 aromatic heterocycles. The molecule has 0 aliphatic carbocycles. The van der Waals surface area contributed by atoms with Crippen molar-refractivity contribution >= 4 is 10.0 Å². The molecule has 110 valence electrons. The van der Waals surface area contributed by atoms with E-state index in [1.807, 2.05) is 19.1 Å². The van der Waals surface area contributed by atoms with Crippen molar-refractivity contribution < 1.29 is 13.2 Å². The molecule has 0 radical (unpaired) electrons. The quantitative estimate of drug-likeness (QED) is 0.888. The number of rotatable bonds is 2. The van der Waals surface area contributed by atoms with E-state index in [-0.39, 0.29) is 5.72 Å². The molecular weight excluding hydrogens is 276 g/mol. The Morgan fingerprint density at radius 1 is 1.25 bits per heavy atom. The van der Waals surface area contributed by atoms with Crippen LogP contribution in [0.1, 0.15) is 18.4 Å². The van der Waals surface area contributed by atoms with Crippen molar-refractivity contribution in [3.63, 3.8) is 0 Å². The van der Waals surface area contributed by atoms with Gasteiger partial charge in [0.2, 0.25) is 10.0 Å². The number of nitrogens with zero attached hydrogens (tertiary/aromatic N) is 1. The fourth-order valence-electron chi connectivity index (χ4n) is 2.97. The van der Waals surface area contributed by atoms with Crippen LogP contribution in [0.25, 0.3) is 0 Å². The topological polar surface area (TPSA) is 58.6 Å². The summed E-state index contributed by atoms with van der Waals surface area (Å²) < 4.78 is 32.7. The Morgan fingerprint density at radius 2 is 1.95 bits per heavy atom. The number of sulfonamides is 1. The minimum Gasteiger partial charge on any atom is -0.359 e. The van der Waals surface area contributed by atoms with Crippen molar-refractivity contribution in [3.8, 4) is 0 Å². The molecule has 2 aliphatic rings. The summed E-state index contributed by atoms with van der Waals surface area (Å²) in [5.74, 6) is 0. The van der Waals surface area contributed by atoms with E-state index >= 15 is 0 Å². The van der Waals surface area contributed by atoms with Crippen molar-refractivity contribution in [3.05, 3.63) is 29.8 Å². The molecule has 2 aliphatic heterocycles. The Bertz CT molecular complexity index is 584. The summed E-state index contributed by atoms with van der Waals surface area (Å²) in [6.45, 7) is 4.41. The zero-order chi connectivity index (χ0) is 14.2. The molecule has 1 aromatic carbocycles. The molecule has 1 N–H and O–H groups in total. The van der Waals surface area contributed by atoms with Gasteiger partial charge in [0, 0.05) is 32.5 Å². The molecule has 1 aromatic rings. The minimum atomic E-state index is -3.39. The third-order valence-corrected chi connectivity index (χ3v) is 6.23. The molecule has 2 fully saturated rings. The summed E-state index contributed by atoms with van der Waals surface area (Å²) in [5.41, 5.74) is 0.501. The van der Waals surface area contributed by atoms with Gasteiger partial charge in [0.25, 0.3) is 0 Å². The van der Waals surface area contributed by atoms with Gasteiger partial charge in [-0.1, -0.05) is 18.2 Å². The van der Waals surface area contributed by atoms with Crippen molar-refractivity contribution in [2.24, 2.45) is 0 Å². The van der Waals surface area contributed by atoms with Crippen LogP contribution in [0.3, 0.4) is 0 Å². The lowest BCUT2D eigenvalue weighted by molar-refractivity contribution is -0.0445. The highest BCUT2D eigenvalue weighted by molar-refractivity contribution is 7.89. The van der Waals surface area contributed by atoms with Crippen LogP contribution in [0.5, 0.6) is 0 Å². The Labute approximate surface area is 120 Å². The molecule has 20 heavy (non-hydrogen) atoms. The molecule has 0 atom stereocenters. The molecule has 2 heterocycles. The van der Waals surface area contributed by atoms with Crippen LogP contribution in [0.4, 0.5) is 0 Å². The van der Waals surface area contributed by atoms with Gasteiger partial charge < -0.3 is 4.74 Å². The van der Waals surface area contributed by atoms with E-state index in [1.54, 1.807) is 16.4 Å². The molecule has 0 bridgehead atoms. The lowest BCUT2D eigenvalue weighted by Gasteiger charge is -2.38. The first kappa shape index (κ1) is 14.0. The Balaban J connectivity index is 1.79. The lowest BCUT2D eigenvalue weighted by atomic mass is 10.0. The lowest BCUT2D eigenvalue weighted by Crippen LogP contribution is -2.52. The van der Waals surface area contributed by atoms with Crippen LogP contribution in [-0.2, 0) is 14.8 Å². The van der Waals surface area contributed by atoms with E-state index in [0.717, 1.165) is 12.1 Å². The van der Waals surface area contributed by atoms with Gasteiger partial charge in [0.15, 0.2) is 0 Å². The molecule has 1 spiro atoms. The summed E-state index contributed by atoms with van der Waals surface area (Å²) in [6, 6.07) is 7.14. The Kier molecular flexibility index (Phi) is 3.58. The molecule has 0 amide bonds. The van der Waals surface area contributed by atoms with Gasteiger partial charge in [0.05, 0.1) is 11.5 Å². The van der Waals surface area contributed by atoms with Gasteiger partial charge in [-0.15, -0.1) is 0 Å². The van der Waals surface area contributed by atoms with E-state index in [9.17, 15) is 8.42 Å². The monoisotopic (exact) mass is 296 g/mol. The highest BCUT2D eigenvalue weighted by atomic mass is 32.2. The first-order valence-electron chi connectivity index (χ1n) is 6.98. The number of benzene rings is 1. The minimum absolute atomic E-state index is 0.294. The van der Waals surface area contributed by atoms with Gasteiger partial charge in [-0.2, -0.15) is 4.31 Å². The fraction of sp³-hybridized carbons (Fsp3) is 0.571. The predicted octanol–water partition coefficient (Wildman–Crippen LogP) is 1.10. The second kappa shape index (κ2) is 5.11. The predicted molar refractivity (Wildman–Crippen MR) is 75.9 cm³/mol. The molecule has 0 saturated carbocycles. The zero-order valence-corrected chi connectivity index (χ0v) is 12.4. The maximum atomic E-state index is 12.7. The maximum Gasteiger partial charge on any atom is 0.243 e. The highest BCUT2D eigenvalue weighted by Crippen LogP contribution is 2.30. The summed E-state index contributed by atoms with van der Waals surface area (Å²) in [5, 5.41) is 3.35. The van der Waals surface area contributed by atoms with Crippen LogP contribution >= 0.6 is 0 Å². The summed E-state index contributed by atoms with van der Waals surface area (Å²) in [4.78, 5) is 0.413. The van der Waals surface area contributed by atoms with E-state index < -0.39 is 10.0 Å². The van der Waals surface area contributed by atoms with Crippen LogP contribution in [0, 0.1) is 6.92 Å². The highest BCUT2D eigenvalue weighted by Gasteiger charge is 2.41. The summed E-state index contributed by atoms with van der Waals surface area (Å²) in [6.07, 6.45) is 1.41. The second-order valence-corrected chi connectivity index (χ2v) is 7.35. The van der Waals surface area contributed by atoms with Crippen molar-refractivity contribution in [1.29, 1.82) is 0 Å². The normalized spacial score (nSPS) is 23.2. The smallest absolute Gasteiger partial charge is 0.243 e. The van der Waals surface area contributed by atoms with Gasteiger partial charge in [-0.25, -0.2) is 8.42 Å². The van der Waals surface area contributed by atoms with Crippen molar-refractivity contribution in [2.45, 2.75) is 30.4 Å². The van der Waals surface area contributed by atoms with E-state index in [2.05, 4.69) is 5.32 Å². The van der Waals surface area contributed by atoms with Gasteiger partial charge in [-0.3, -0.25) is 5.32 Å². The maximum absolute atomic E-state index is 12.7. The van der Waals surface area contributed by atoms with E-state index in [0.29, 0.717) is 37.4 Å². The SMILES string of the molecule is Cc1ccccc1S(=O)(=O)N1CCC2(CC1)NCCO2. The molecular formula is C14H20N2O3S. The summed E-state index contributed by atoms with van der Waals surface area (Å²) in [7, 11) is -3.39. The van der Waals surface area contributed by atoms with Crippen LogP contribution in [0.15, 0.2) is 29.2 Å². The molecule has 0 unspecified atom stereocenters. The van der Waals surface area contributed by atoms with E-state index in [1.165, 1.54) is 0 Å². The number of hydrogen-bond donors (Lipinski definition) is 1. The van der Waals surface area contributed by atoms with Crippen LogP contribution < -0.4 is 5.32 Å². The number of aryl methyl sites for hydroxylation is 1. The zero-order valence-electron chi connectivity index (χ0n) is 11.6. The number of nitrogens with one attached hydrogen (secondary N) is 1. The number of piperidine rings is 1.